The number of pyridine rings is 1. The molecule has 2 unspecified atom stereocenters. The van der Waals surface area contributed by atoms with Gasteiger partial charge in [-0.15, -0.1) is 0 Å². The molecule has 0 spiro atoms. The molecule has 0 saturated heterocycles. The van der Waals surface area contributed by atoms with Gasteiger partial charge in [-0.2, -0.15) is 0 Å². The van der Waals surface area contributed by atoms with E-state index in [1.54, 1.807) is 6.20 Å². The molecule has 10 nitrogen and oxygen atoms in total. The standard InChI is InChI=1S/C28H31N5O5/c1-28(2,3)24-23-19(9-11-33(24)27(35)36)30-25(32-23)16-12-15-13-17(4-6-20(15)37-14-16)38-21-8-10-29-26-18(21)5-7-22(34)31-26/h4,6,8,10,13,16,24H,5,7,9,11-12,14H2,1-3H3,(H,30,32)(H,35,36)(H,29,31,34). The molecule has 10 heteroatoms. The number of rotatable bonds is 3. The summed E-state index contributed by atoms with van der Waals surface area (Å²) in [7, 11) is 0. The SMILES string of the molecule is CC(C)(C)C1c2nc(C3COc4ccc(Oc5ccnc6c5CCC(=O)N6)cc4C3)[nH]c2CCN1C(=O)O. The average Bonchev–Trinajstić information content (AvgIpc) is 3.31. The van der Waals surface area contributed by atoms with Gasteiger partial charge in [-0.05, 0) is 48.1 Å². The highest BCUT2D eigenvalue weighted by atomic mass is 16.5. The molecule has 3 aliphatic rings. The minimum atomic E-state index is -0.916. The van der Waals surface area contributed by atoms with Crippen LogP contribution < -0.4 is 14.8 Å². The fraction of sp³-hybridized carbons (Fsp3) is 0.429. The zero-order valence-electron chi connectivity index (χ0n) is 21.7. The van der Waals surface area contributed by atoms with E-state index in [1.807, 2.05) is 45.0 Å². The zero-order valence-corrected chi connectivity index (χ0v) is 21.7. The van der Waals surface area contributed by atoms with Gasteiger partial charge in [-0.3, -0.25) is 9.69 Å². The van der Waals surface area contributed by atoms with Crippen molar-refractivity contribution < 1.29 is 24.2 Å². The molecule has 2 atom stereocenters. The number of hydrogen-bond acceptors (Lipinski definition) is 6. The highest BCUT2D eigenvalue weighted by molar-refractivity contribution is 5.93. The molecule has 198 valence electrons. The molecule has 0 aliphatic carbocycles. The minimum Gasteiger partial charge on any atom is -0.493 e. The number of aromatic amines is 1. The van der Waals surface area contributed by atoms with Crippen LogP contribution in [0.3, 0.4) is 0 Å². The highest BCUT2D eigenvalue weighted by Crippen LogP contribution is 2.43. The normalized spacial score (nSPS) is 20.5. The monoisotopic (exact) mass is 517 g/mol. The number of ether oxygens (including phenoxy) is 2. The van der Waals surface area contributed by atoms with Crippen molar-refractivity contribution in [3.05, 3.63) is 58.8 Å². The molecule has 0 saturated carbocycles. The minimum absolute atomic E-state index is 0.00569. The smallest absolute Gasteiger partial charge is 0.407 e. The molecule has 3 N–H and O–H groups in total. The van der Waals surface area contributed by atoms with E-state index in [9.17, 15) is 14.7 Å². The number of fused-ring (bicyclic) bond motifs is 3. The van der Waals surface area contributed by atoms with Crippen molar-refractivity contribution in [2.24, 2.45) is 5.41 Å². The second-order valence-corrected chi connectivity index (χ2v) is 11.2. The second-order valence-electron chi connectivity index (χ2n) is 11.2. The third-order valence-electron chi connectivity index (χ3n) is 7.49. The first-order valence-electron chi connectivity index (χ1n) is 13.0. The third-order valence-corrected chi connectivity index (χ3v) is 7.49. The van der Waals surface area contributed by atoms with Gasteiger partial charge in [0.1, 0.15) is 28.9 Å². The van der Waals surface area contributed by atoms with Gasteiger partial charge in [0.15, 0.2) is 0 Å². The average molecular weight is 518 g/mol. The molecule has 5 heterocycles. The van der Waals surface area contributed by atoms with Crippen molar-refractivity contribution in [2.45, 2.75) is 58.4 Å². The maximum atomic E-state index is 12.0. The van der Waals surface area contributed by atoms with Crippen LogP contribution >= 0.6 is 0 Å². The first kappa shape index (κ1) is 24.3. The maximum absolute atomic E-state index is 12.0. The van der Waals surface area contributed by atoms with Crippen molar-refractivity contribution in [3.8, 4) is 17.2 Å². The summed E-state index contributed by atoms with van der Waals surface area (Å²) in [5.74, 6) is 3.53. The Morgan fingerprint density at radius 2 is 2.05 bits per heavy atom. The quantitative estimate of drug-likeness (QED) is 0.454. The van der Waals surface area contributed by atoms with Gasteiger partial charge in [0.2, 0.25) is 5.91 Å². The van der Waals surface area contributed by atoms with Gasteiger partial charge in [0.25, 0.3) is 0 Å². The first-order valence-corrected chi connectivity index (χ1v) is 13.0. The van der Waals surface area contributed by atoms with Crippen LogP contribution in [-0.2, 0) is 24.1 Å². The number of anilines is 1. The lowest BCUT2D eigenvalue weighted by molar-refractivity contribution is -0.116. The lowest BCUT2D eigenvalue weighted by Gasteiger charge is -2.40. The van der Waals surface area contributed by atoms with Crippen LogP contribution in [0.4, 0.5) is 10.6 Å². The van der Waals surface area contributed by atoms with Gasteiger partial charge in [-0.25, -0.2) is 14.8 Å². The van der Waals surface area contributed by atoms with Crippen molar-refractivity contribution >= 4 is 17.8 Å². The van der Waals surface area contributed by atoms with E-state index in [2.05, 4.69) is 15.3 Å². The van der Waals surface area contributed by atoms with Crippen LogP contribution in [0.2, 0.25) is 0 Å². The molecule has 3 aliphatic heterocycles. The molecular weight excluding hydrogens is 486 g/mol. The highest BCUT2D eigenvalue weighted by Gasteiger charge is 2.41. The van der Waals surface area contributed by atoms with Gasteiger partial charge >= 0.3 is 6.09 Å². The van der Waals surface area contributed by atoms with Crippen LogP contribution in [0.5, 0.6) is 17.2 Å². The Kier molecular flexibility index (Phi) is 5.77. The summed E-state index contributed by atoms with van der Waals surface area (Å²) >= 11 is 0. The molecule has 3 aromatic rings. The maximum Gasteiger partial charge on any atom is 0.407 e. The van der Waals surface area contributed by atoms with Crippen LogP contribution in [0.1, 0.15) is 67.5 Å². The predicted molar refractivity (Wildman–Crippen MR) is 139 cm³/mol. The summed E-state index contributed by atoms with van der Waals surface area (Å²) in [5.41, 5.74) is 3.44. The molecule has 1 aromatic carbocycles. The topological polar surface area (TPSA) is 130 Å². The van der Waals surface area contributed by atoms with Crippen molar-refractivity contribution in [2.75, 3.05) is 18.5 Å². The third kappa shape index (κ3) is 4.33. The lowest BCUT2D eigenvalue weighted by Crippen LogP contribution is -2.44. The van der Waals surface area contributed by atoms with E-state index in [0.29, 0.717) is 56.2 Å². The predicted octanol–water partition coefficient (Wildman–Crippen LogP) is 4.82. The van der Waals surface area contributed by atoms with Crippen LogP contribution in [0.25, 0.3) is 0 Å². The fourth-order valence-electron chi connectivity index (χ4n) is 5.74. The Morgan fingerprint density at radius 1 is 1.21 bits per heavy atom. The summed E-state index contributed by atoms with van der Waals surface area (Å²) in [6, 6.07) is 7.29. The van der Waals surface area contributed by atoms with E-state index in [4.69, 9.17) is 14.5 Å². The summed E-state index contributed by atoms with van der Waals surface area (Å²) in [5, 5.41) is 12.6. The Hall–Kier alpha value is -4.08. The van der Waals surface area contributed by atoms with E-state index < -0.39 is 6.09 Å². The number of H-pyrrole nitrogens is 1. The molecule has 0 fully saturated rings. The first-order chi connectivity index (χ1) is 18.2. The Labute approximate surface area is 220 Å². The number of nitrogens with zero attached hydrogens (tertiary/aromatic N) is 3. The Bertz CT molecular complexity index is 1430. The number of carbonyl (C=O) groups is 2. The Morgan fingerprint density at radius 3 is 2.84 bits per heavy atom. The summed E-state index contributed by atoms with van der Waals surface area (Å²) in [6.07, 6.45) is 3.03. The fourth-order valence-corrected chi connectivity index (χ4v) is 5.74. The number of imidazole rings is 1. The molecule has 0 radical (unpaired) electrons. The Balaban J connectivity index is 1.25. The number of aromatic nitrogens is 3. The van der Waals surface area contributed by atoms with Crippen LogP contribution in [0.15, 0.2) is 30.5 Å². The summed E-state index contributed by atoms with van der Waals surface area (Å²) < 4.78 is 12.3. The summed E-state index contributed by atoms with van der Waals surface area (Å²) in [4.78, 5) is 37.9. The number of carboxylic acid groups (broad SMARTS) is 1. The molecule has 0 bridgehead atoms. The van der Waals surface area contributed by atoms with Gasteiger partial charge in [0.05, 0.1) is 24.3 Å². The second kappa shape index (κ2) is 9.04. The van der Waals surface area contributed by atoms with Crippen molar-refractivity contribution in [3.63, 3.8) is 0 Å². The molecule has 38 heavy (non-hydrogen) atoms. The molecular formula is C28H31N5O5. The van der Waals surface area contributed by atoms with E-state index in [0.717, 1.165) is 34.1 Å². The number of carbonyl (C=O) groups excluding carboxylic acids is 1. The zero-order chi connectivity index (χ0) is 26.6. The number of hydrogen-bond donors (Lipinski definition) is 3. The lowest BCUT2D eigenvalue weighted by atomic mass is 9.81. The molecule has 2 aromatic heterocycles. The summed E-state index contributed by atoms with van der Waals surface area (Å²) in [6.45, 7) is 7.07. The number of nitrogens with one attached hydrogen (secondary N) is 2. The largest absolute Gasteiger partial charge is 0.493 e. The van der Waals surface area contributed by atoms with E-state index >= 15 is 0 Å². The van der Waals surface area contributed by atoms with Gasteiger partial charge in [0, 0.05) is 36.8 Å². The van der Waals surface area contributed by atoms with E-state index in [-0.39, 0.29) is 23.3 Å². The molecule has 6 rings (SSSR count). The van der Waals surface area contributed by atoms with Crippen LogP contribution in [0, 0.1) is 5.41 Å². The van der Waals surface area contributed by atoms with Crippen molar-refractivity contribution in [1.82, 2.24) is 19.9 Å². The van der Waals surface area contributed by atoms with Crippen molar-refractivity contribution in [1.29, 1.82) is 0 Å². The van der Waals surface area contributed by atoms with Crippen LogP contribution in [-0.4, -0.2) is 50.1 Å². The molecule has 2 amide bonds. The van der Waals surface area contributed by atoms with E-state index in [1.165, 1.54) is 4.90 Å². The number of amides is 2. The van der Waals surface area contributed by atoms with Gasteiger partial charge < -0.3 is 24.9 Å². The number of benzene rings is 1. The van der Waals surface area contributed by atoms with Gasteiger partial charge in [-0.1, -0.05) is 20.8 Å².